The second-order valence-electron chi connectivity index (χ2n) is 4.95. The van der Waals surface area contributed by atoms with E-state index in [1.54, 1.807) is 30.0 Å². The first-order chi connectivity index (χ1) is 12.2. The fourth-order valence-electron chi connectivity index (χ4n) is 2.09. The lowest BCUT2D eigenvalue weighted by Crippen LogP contribution is -2.12. The van der Waals surface area contributed by atoms with Gasteiger partial charge in [0.25, 0.3) is 5.91 Å². The van der Waals surface area contributed by atoms with Crippen molar-refractivity contribution in [2.45, 2.75) is 10.1 Å². The lowest BCUT2D eigenvalue weighted by molar-refractivity contribution is 0.102. The predicted molar refractivity (Wildman–Crippen MR) is 102 cm³/mol. The van der Waals surface area contributed by atoms with Crippen LogP contribution in [0, 0.1) is 0 Å². The summed E-state index contributed by atoms with van der Waals surface area (Å²) in [6.07, 6.45) is 0. The van der Waals surface area contributed by atoms with Gasteiger partial charge in [-0.2, -0.15) is 0 Å². The van der Waals surface area contributed by atoms with Gasteiger partial charge in [-0.25, -0.2) is 0 Å². The van der Waals surface area contributed by atoms with Crippen LogP contribution in [-0.4, -0.2) is 23.2 Å². The molecule has 5 nitrogen and oxygen atoms in total. The number of rotatable bonds is 6. The van der Waals surface area contributed by atoms with Gasteiger partial charge in [-0.05, 0) is 29.8 Å². The van der Waals surface area contributed by atoms with E-state index >= 15 is 0 Å². The van der Waals surface area contributed by atoms with Crippen LogP contribution in [0.25, 0.3) is 0 Å². The van der Waals surface area contributed by atoms with Gasteiger partial charge in [0.2, 0.25) is 5.13 Å². The molecule has 0 spiro atoms. The largest absolute Gasteiger partial charge is 0.496 e. The van der Waals surface area contributed by atoms with Crippen LogP contribution < -0.4 is 10.1 Å². The third-order valence-corrected chi connectivity index (χ3v) is 5.51. The fourth-order valence-corrected chi connectivity index (χ4v) is 3.99. The number of nitrogens with one attached hydrogen (secondary N) is 1. The van der Waals surface area contributed by atoms with Crippen LogP contribution in [0.3, 0.4) is 0 Å². The van der Waals surface area contributed by atoms with Crippen molar-refractivity contribution in [3.05, 3.63) is 64.7 Å². The van der Waals surface area contributed by atoms with E-state index in [-0.39, 0.29) is 5.91 Å². The standard InChI is InChI=1S/C17H14ClN3O2S2/c1-23-14-8-3-2-7-13(14)15(22)19-16-20-21-17(25-16)24-10-11-5-4-6-12(18)9-11/h2-9H,10H2,1H3,(H,19,20,22). The molecule has 1 aromatic heterocycles. The maximum Gasteiger partial charge on any atom is 0.261 e. The third-order valence-electron chi connectivity index (χ3n) is 3.23. The van der Waals surface area contributed by atoms with Crippen LogP contribution in [0.15, 0.2) is 52.9 Å². The van der Waals surface area contributed by atoms with Crippen molar-refractivity contribution in [2.24, 2.45) is 0 Å². The van der Waals surface area contributed by atoms with Crippen molar-refractivity contribution in [1.82, 2.24) is 10.2 Å². The topological polar surface area (TPSA) is 64.1 Å². The Morgan fingerprint density at radius 3 is 2.88 bits per heavy atom. The molecule has 3 rings (SSSR count). The molecule has 3 aromatic rings. The number of carbonyl (C=O) groups is 1. The normalized spacial score (nSPS) is 10.5. The average molecular weight is 392 g/mol. The Balaban J connectivity index is 1.62. The van der Waals surface area contributed by atoms with Crippen LogP contribution in [-0.2, 0) is 5.75 Å². The van der Waals surface area contributed by atoms with Gasteiger partial charge in [0.05, 0.1) is 12.7 Å². The highest BCUT2D eigenvalue weighted by molar-refractivity contribution is 8.00. The third kappa shape index (κ3) is 4.72. The van der Waals surface area contributed by atoms with Gasteiger partial charge in [-0.15, -0.1) is 10.2 Å². The number of benzene rings is 2. The lowest BCUT2D eigenvalue weighted by atomic mass is 10.2. The molecule has 0 fully saturated rings. The number of anilines is 1. The molecule has 8 heteroatoms. The van der Waals surface area contributed by atoms with E-state index in [1.807, 2.05) is 30.3 Å². The van der Waals surface area contributed by atoms with Gasteiger partial charge in [0.15, 0.2) is 4.34 Å². The number of amides is 1. The molecule has 1 N–H and O–H groups in total. The van der Waals surface area contributed by atoms with E-state index in [0.717, 1.165) is 15.7 Å². The number of carbonyl (C=O) groups excluding carboxylic acids is 1. The van der Waals surface area contributed by atoms with Gasteiger partial charge >= 0.3 is 0 Å². The number of ether oxygens (including phenoxy) is 1. The minimum Gasteiger partial charge on any atom is -0.496 e. The first-order valence-electron chi connectivity index (χ1n) is 7.31. The number of thioether (sulfide) groups is 1. The first kappa shape index (κ1) is 17.7. The molecule has 25 heavy (non-hydrogen) atoms. The molecule has 0 saturated carbocycles. The Morgan fingerprint density at radius 2 is 2.08 bits per heavy atom. The first-order valence-corrected chi connectivity index (χ1v) is 9.49. The second kappa shape index (κ2) is 8.33. The monoisotopic (exact) mass is 391 g/mol. The second-order valence-corrected chi connectivity index (χ2v) is 7.58. The van der Waals surface area contributed by atoms with E-state index in [9.17, 15) is 4.79 Å². The number of methoxy groups -OCH3 is 1. The molecule has 0 aliphatic carbocycles. The van der Waals surface area contributed by atoms with Crippen LogP contribution in [0.4, 0.5) is 5.13 Å². The molecule has 1 heterocycles. The van der Waals surface area contributed by atoms with Crippen molar-refractivity contribution >= 4 is 45.7 Å². The van der Waals surface area contributed by atoms with Crippen molar-refractivity contribution < 1.29 is 9.53 Å². The molecular weight excluding hydrogens is 378 g/mol. The van der Waals surface area contributed by atoms with Crippen molar-refractivity contribution in [3.63, 3.8) is 0 Å². The van der Waals surface area contributed by atoms with Gasteiger partial charge in [0, 0.05) is 10.8 Å². The Bertz CT molecular complexity index is 886. The minimum absolute atomic E-state index is 0.278. The smallest absolute Gasteiger partial charge is 0.261 e. The highest BCUT2D eigenvalue weighted by Crippen LogP contribution is 2.29. The maximum atomic E-state index is 12.3. The molecule has 0 radical (unpaired) electrons. The van der Waals surface area contributed by atoms with E-state index in [4.69, 9.17) is 16.3 Å². The van der Waals surface area contributed by atoms with Crippen molar-refractivity contribution in [1.29, 1.82) is 0 Å². The van der Waals surface area contributed by atoms with E-state index in [1.165, 1.54) is 18.4 Å². The Hall–Kier alpha value is -2.09. The summed E-state index contributed by atoms with van der Waals surface area (Å²) in [5, 5.41) is 12.0. The number of nitrogens with zero attached hydrogens (tertiary/aromatic N) is 2. The summed E-state index contributed by atoms with van der Waals surface area (Å²) in [5.41, 5.74) is 1.56. The number of hydrogen-bond donors (Lipinski definition) is 1. The van der Waals surface area contributed by atoms with Gasteiger partial charge in [-0.1, -0.05) is 59.0 Å². The van der Waals surface area contributed by atoms with Crippen molar-refractivity contribution in [2.75, 3.05) is 12.4 Å². The molecular formula is C17H14ClN3O2S2. The maximum absolute atomic E-state index is 12.3. The van der Waals surface area contributed by atoms with Crippen LogP contribution in [0.1, 0.15) is 15.9 Å². The highest BCUT2D eigenvalue weighted by Gasteiger charge is 2.14. The predicted octanol–water partition coefficient (Wildman–Crippen LogP) is 4.74. The van der Waals surface area contributed by atoms with Crippen molar-refractivity contribution in [3.8, 4) is 5.75 Å². The Labute approximate surface area is 158 Å². The number of para-hydroxylation sites is 1. The molecule has 2 aromatic carbocycles. The Kier molecular flexibility index (Phi) is 5.91. The zero-order valence-corrected chi connectivity index (χ0v) is 15.6. The summed E-state index contributed by atoms with van der Waals surface area (Å²) < 4.78 is 5.97. The number of hydrogen-bond acceptors (Lipinski definition) is 6. The van der Waals surface area contributed by atoms with Crippen LogP contribution >= 0.6 is 34.7 Å². The quantitative estimate of drug-likeness (QED) is 0.485. The van der Waals surface area contributed by atoms with E-state index < -0.39 is 0 Å². The minimum atomic E-state index is -0.278. The fraction of sp³-hybridized carbons (Fsp3) is 0.118. The molecule has 0 aliphatic heterocycles. The molecule has 0 unspecified atom stereocenters. The lowest BCUT2D eigenvalue weighted by Gasteiger charge is -2.06. The average Bonchev–Trinajstić information content (AvgIpc) is 3.07. The van der Waals surface area contributed by atoms with Gasteiger partial charge in [-0.3, -0.25) is 10.1 Å². The molecule has 128 valence electrons. The summed E-state index contributed by atoms with van der Waals surface area (Å²) in [5.74, 6) is 0.968. The SMILES string of the molecule is COc1ccccc1C(=O)Nc1nnc(SCc2cccc(Cl)c2)s1. The molecule has 1 amide bonds. The summed E-state index contributed by atoms with van der Waals surface area (Å²) in [6.45, 7) is 0. The molecule has 0 saturated heterocycles. The number of aromatic nitrogens is 2. The zero-order valence-electron chi connectivity index (χ0n) is 13.2. The summed E-state index contributed by atoms with van der Waals surface area (Å²) >= 11 is 8.85. The summed E-state index contributed by atoms with van der Waals surface area (Å²) in [6, 6.07) is 14.7. The molecule has 0 bridgehead atoms. The Morgan fingerprint density at radius 1 is 1.24 bits per heavy atom. The van der Waals surface area contributed by atoms with Gasteiger partial charge in [0.1, 0.15) is 5.75 Å². The van der Waals surface area contributed by atoms with Gasteiger partial charge < -0.3 is 4.74 Å². The van der Waals surface area contributed by atoms with Crippen LogP contribution in [0.2, 0.25) is 5.02 Å². The van der Waals surface area contributed by atoms with E-state index in [2.05, 4.69) is 15.5 Å². The molecule has 0 atom stereocenters. The van der Waals surface area contributed by atoms with E-state index in [0.29, 0.717) is 21.5 Å². The number of halogens is 1. The summed E-state index contributed by atoms with van der Waals surface area (Å²) in [7, 11) is 1.53. The molecule has 0 aliphatic rings. The summed E-state index contributed by atoms with van der Waals surface area (Å²) in [4.78, 5) is 12.3. The zero-order chi connectivity index (χ0) is 17.6. The van der Waals surface area contributed by atoms with Crippen LogP contribution in [0.5, 0.6) is 5.75 Å². The highest BCUT2D eigenvalue weighted by atomic mass is 35.5.